The van der Waals surface area contributed by atoms with Crippen LogP contribution in [0.1, 0.15) is 35.3 Å². The fraction of sp³-hybridized carbons (Fsp3) is 0.105. The predicted octanol–water partition coefficient (Wildman–Crippen LogP) is 3.02. The SMILES string of the molecule is C=Cc1ncccc1/C=C(\C)c1nc(C#N)c(N)nc1-n1ccc(C)n1. The summed E-state index contributed by atoms with van der Waals surface area (Å²) in [7, 11) is 0. The van der Waals surface area contributed by atoms with E-state index in [1.807, 2.05) is 44.2 Å². The molecule has 0 aliphatic heterocycles. The van der Waals surface area contributed by atoms with Crippen LogP contribution < -0.4 is 5.73 Å². The summed E-state index contributed by atoms with van der Waals surface area (Å²) in [5.41, 5.74) is 9.75. The summed E-state index contributed by atoms with van der Waals surface area (Å²) in [6, 6.07) is 7.61. The third kappa shape index (κ3) is 3.21. The Hall–Kier alpha value is -3.79. The van der Waals surface area contributed by atoms with Gasteiger partial charge in [-0.3, -0.25) is 4.98 Å². The van der Waals surface area contributed by atoms with Gasteiger partial charge in [0, 0.05) is 18.0 Å². The number of anilines is 1. The van der Waals surface area contributed by atoms with Crippen molar-refractivity contribution >= 4 is 23.5 Å². The standard InChI is InChI=1S/C19H17N7/c1-4-15-14(6-5-8-22-15)10-12(2)17-19(26-9-7-13(3)25-26)24-18(21)16(11-20)23-17/h4-10H,1H2,2-3H3,(H2,21,24)/b12-10+. The number of pyridine rings is 1. The Morgan fingerprint density at radius 2 is 2.15 bits per heavy atom. The van der Waals surface area contributed by atoms with Gasteiger partial charge in [-0.15, -0.1) is 0 Å². The highest BCUT2D eigenvalue weighted by Crippen LogP contribution is 2.24. The first-order valence-corrected chi connectivity index (χ1v) is 7.90. The van der Waals surface area contributed by atoms with Gasteiger partial charge in [0.05, 0.1) is 11.4 Å². The Balaban J connectivity index is 2.21. The molecule has 0 fully saturated rings. The lowest BCUT2D eigenvalue weighted by Crippen LogP contribution is -2.10. The summed E-state index contributed by atoms with van der Waals surface area (Å²) < 4.78 is 1.60. The molecule has 0 radical (unpaired) electrons. The molecule has 26 heavy (non-hydrogen) atoms. The molecule has 0 spiro atoms. The molecule has 7 heteroatoms. The lowest BCUT2D eigenvalue weighted by Gasteiger charge is -2.11. The van der Waals surface area contributed by atoms with Crippen molar-refractivity contribution in [2.24, 2.45) is 0 Å². The van der Waals surface area contributed by atoms with Gasteiger partial charge in [-0.1, -0.05) is 12.6 Å². The molecule has 128 valence electrons. The second-order valence-corrected chi connectivity index (χ2v) is 5.65. The van der Waals surface area contributed by atoms with Gasteiger partial charge in [0.2, 0.25) is 0 Å². The molecule has 0 aliphatic rings. The fourth-order valence-electron chi connectivity index (χ4n) is 2.50. The highest BCUT2D eigenvalue weighted by Gasteiger charge is 2.16. The van der Waals surface area contributed by atoms with Crippen LogP contribution in [0.4, 0.5) is 5.82 Å². The second kappa shape index (κ2) is 6.99. The molecule has 0 saturated carbocycles. The minimum absolute atomic E-state index is 0.0698. The Kier molecular flexibility index (Phi) is 4.58. The average molecular weight is 343 g/mol. The topological polar surface area (TPSA) is 106 Å². The van der Waals surface area contributed by atoms with Crippen LogP contribution in [0.2, 0.25) is 0 Å². The Labute approximate surface area is 151 Å². The van der Waals surface area contributed by atoms with Gasteiger partial charge in [0.25, 0.3) is 0 Å². The number of hydrogen-bond donors (Lipinski definition) is 1. The first-order chi connectivity index (χ1) is 12.5. The zero-order chi connectivity index (χ0) is 18.7. The monoisotopic (exact) mass is 343 g/mol. The number of allylic oxidation sites excluding steroid dienone is 1. The molecule has 0 atom stereocenters. The largest absolute Gasteiger partial charge is 0.381 e. The van der Waals surface area contributed by atoms with Crippen molar-refractivity contribution in [3.63, 3.8) is 0 Å². The molecule has 0 aliphatic carbocycles. The number of nitrogen functional groups attached to an aromatic ring is 1. The normalized spacial score (nSPS) is 11.2. The summed E-state index contributed by atoms with van der Waals surface area (Å²) in [5.74, 6) is 0.535. The van der Waals surface area contributed by atoms with Crippen molar-refractivity contribution in [1.82, 2.24) is 24.7 Å². The van der Waals surface area contributed by atoms with E-state index in [4.69, 9.17) is 5.73 Å². The van der Waals surface area contributed by atoms with E-state index in [1.54, 1.807) is 23.2 Å². The number of aromatic nitrogens is 5. The van der Waals surface area contributed by atoms with E-state index < -0.39 is 0 Å². The van der Waals surface area contributed by atoms with Crippen molar-refractivity contribution < 1.29 is 0 Å². The van der Waals surface area contributed by atoms with Gasteiger partial charge in [-0.25, -0.2) is 14.6 Å². The number of aryl methyl sites for hydroxylation is 1. The smallest absolute Gasteiger partial charge is 0.183 e. The highest BCUT2D eigenvalue weighted by atomic mass is 15.3. The van der Waals surface area contributed by atoms with Crippen molar-refractivity contribution in [2.75, 3.05) is 5.73 Å². The molecular weight excluding hydrogens is 326 g/mol. The number of nitrogens with zero attached hydrogens (tertiary/aromatic N) is 6. The summed E-state index contributed by atoms with van der Waals surface area (Å²) in [5, 5.41) is 13.6. The van der Waals surface area contributed by atoms with E-state index in [1.165, 1.54) is 0 Å². The van der Waals surface area contributed by atoms with E-state index in [0.717, 1.165) is 22.5 Å². The molecule has 0 saturated heterocycles. The van der Waals surface area contributed by atoms with Crippen LogP contribution in [0.25, 0.3) is 23.5 Å². The minimum Gasteiger partial charge on any atom is -0.381 e. The van der Waals surface area contributed by atoms with Gasteiger partial charge in [0.15, 0.2) is 17.3 Å². The molecule has 0 aromatic carbocycles. The maximum atomic E-state index is 9.26. The molecule has 2 N–H and O–H groups in total. The van der Waals surface area contributed by atoms with E-state index in [2.05, 4.69) is 26.6 Å². The molecule has 0 unspecified atom stereocenters. The fourth-order valence-corrected chi connectivity index (χ4v) is 2.50. The molecule has 3 heterocycles. The van der Waals surface area contributed by atoms with Crippen LogP contribution in [0.3, 0.4) is 0 Å². The Bertz CT molecular complexity index is 1050. The maximum Gasteiger partial charge on any atom is 0.183 e. The number of rotatable bonds is 4. The van der Waals surface area contributed by atoms with E-state index in [0.29, 0.717) is 11.5 Å². The summed E-state index contributed by atoms with van der Waals surface area (Å²) in [6.07, 6.45) is 7.09. The van der Waals surface area contributed by atoms with Crippen LogP contribution in [0, 0.1) is 18.3 Å². The first kappa shape index (κ1) is 17.0. The predicted molar refractivity (Wildman–Crippen MR) is 101 cm³/mol. The highest BCUT2D eigenvalue weighted by molar-refractivity contribution is 5.83. The van der Waals surface area contributed by atoms with Gasteiger partial charge >= 0.3 is 0 Å². The third-order valence-corrected chi connectivity index (χ3v) is 3.76. The average Bonchev–Trinajstić information content (AvgIpc) is 3.08. The van der Waals surface area contributed by atoms with Crippen LogP contribution in [-0.2, 0) is 0 Å². The number of nitriles is 1. The number of nitrogens with two attached hydrogens (primary N) is 1. The second-order valence-electron chi connectivity index (χ2n) is 5.65. The summed E-state index contributed by atoms with van der Waals surface area (Å²) >= 11 is 0. The lowest BCUT2D eigenvalue weighted by atomic mass is 10.1. The van der Waals surface area contributed by atoms with E-state index in [-0.39, 0.29) is 11.5 Å². The zero-order valence-corrected chi connectivity index (χ0v) is 14.5. The van der Waals surface area contributed by atoms with Crippen molar-refractivity contribution in [3.05, 3.63) is 65.5 Å². The van der Waals surface area contributed by atoms with Crippen LogP contribution in [0.5, 0.6) is 0 Å². The van der Waals surface area contributed by atoms with Gasteiger partial charge in [0.1, 0.15) is 11.8 Å². The van der Waals surface area contributed by atoms with E-state index in [9.17, 15) is 5.26 Å². The van der Waals surface area contributed by atoms with Crippen molar-refractivity contribution in [2.45, 2.75) is 13.8 Å². The van der Waals surface area contributed by atoms with Crippen molar-refractivity contribution in [3.8, 4) is 11.9 Å². The quantitative estimate of drug-likeness (QED) is 0.780. The zero-order valence-electron chi connectivity index (χ0n) is 14.5. The molecule has 0 amide bonds. The van der Waals surface area contributed by atoms with Crippen molar-refractivity contribution in [1.29, 1.82) is 5.26 Å². The third-order valence-electron chi connectivity index (χ3n) is 3.76. The molecule has 3 rings (SSSR count). The van der Waals surface area contributed by atoms with Crippen LogP contribution in [0.15, 0.2) is 37.2 Å². The van der Waals surface area contributed by atoms with Gasteiger partial charge < -0.3 is 5.73 Å². The maximum absolute atomic E-state index is 9.26. The molecule has 0 bridgehead atoms. The molecular formula is C19H17N7. The summed E-state index contributed by atoms with van der Waals surface area (Å²) in [4.78, 5) is 13.0. The minimum atomic E-state index is 0.0698. The molecule has 3 aromatic rings. The first-order valence-electron chi connectivity index (χ1n) is 7.90. The Morgan fingerprint density at radius 3 is 2.81 bits per heavy atom. The van der Waals surface area contributed by atoms with Crippen LogP contribution >= 0.6 is 0 Å². The summed E-state index contributed by atoms with van der Waals surface area (Å²) in [6.45, 7) is 7.56. The van der Waals surface area contributed by atoms with E-state index >= 15 is 0 Å². The van der Waals surface area contributed by atoms with Crippen LogP contribution in [-0.4, -0.2) is 24.7 Å². The van der Waals surface area contributed by atoms with Gasteiger partial charge in [-0.05, 0) is 43.7 Å². The van der Waals surface area contributed by atoms with Gasteiger partial charge in [-0.2, -0.15) is 10.4 Å². The molecule has 7 nitrogen and oxygen atoms in total. The Morgan fingerprint density at radius 1 is 1.35 bits per heavy atom. The lowest BCUT2D eigenvalue weighted by molar-refractivity contribution is 0.820. The number of hydrogen-bond acceptors (Lipinski definition) is 6. The molecule has 3 aromatic heterocycles.